The van der Waals surface area contributed by atoms with Crippen LogP contribution in [0.25, 0.3) is 0 Å². The lowest BCUT2D eigenvalue weighted by molar-refractivity contribution is 0.447. The molecule has 2 aromatic rings. The Hall–Kier alpha value is -1.83. The largest absolute Gasteiger partial charge is 0.465 e. The molecule has 0 aliphatic rings. The van der Waals surface area contributed by atoms with Crippen LogP contribution in [-0.4, -0.2) is 0 Å². The van der Waals surface area contributed by atoms with Gasteiger partial charge in [0, 0.05) is 25.0 Å². The van der Waals surface area contributed by atoms with Crippen molar-refractivity contribution in [3.8, 4) is 0 Å². The average molecular weight is 242 g/mol. The second kappa shape index (κ2) is 6.20. The highest BCUT2D eigenvalue weighted by Gasteiger charge is 2.03. The van der Waals surface area contributed by atoms with Crippen LogP contribution in [0.3, 0.4) is 0 Å². The van der Waals surface area contributed by atoms with Crippen molar-refractivity contribution in [2.75, 3.05) is 0 Å². The summed E-state index contributed by atoms with van der Waals surface area (Å²) in [4.78, 5) is 11.6. The first kappa shape index (κ1) is 12.6. The van der Waals surface area contributed by atoms with Crippen LogP contribution in [0.1, 0.15) is 36.8 Å². The predicted molar refractivity (Wildman–Crippen MR) is 72.8 cm³/mol. The Balaban J connectivity index is 2.18. The summed E-state index contributed by atoms with van der Waals surface area (Å²) in [5.41, 5.74) is 1.20. The summed E-state index contributed by atoms with van der Waals surface area (Å²) < 4.78 is 5.76. The number of hydrogen-bond donors (Lipinski definition) is 0. The topological polar surface area (TPSA) is 30.2 Å². The standard InChI is InChI=1S/C16H18O2/c1-2-3-9-15-11-14(17)12-16(18-15)10-13-7-5-4-6-8-13/h4-8,11-12H,2-3,9-10H2,1H3. The fourth-order valence-electron chi connectivity index (χ4n) is 1.94. The van der Waals surface area contributed by atoms with Gasteiger partial charge in [-0.15, -0.1) is 0 Å². The van der Waals surface area contributed by atoms with Gasteiger partial charge in [-0.3, -0.25) is 4.79 Å². The van der Waals surface area contributed by atoms with Crippen LogP contribution < -0.4 is 5.43 Å². The quantitative estimate of drug-likeness (QED) is 0.802. The van der Waals surface area contributed by atoms with E-state index in [0.29, 0.717) is 6.42 Å². The normalized spacial score (nSPS) is 10.5. The van der Waals surface area contributed by atoms with Crippen molar-refractivity contribution < 1.29 is 4.42 Å². The number of hydrogen-bond acceptors (Lipinski definition) is 2. The second-order valence-corrected chi connectivity index (χ2v) is 4.49. The first-order valence-electron chi connectivity index (χ1n) is 6.45. The molecule has 2 rings (SSSR count). The van der Waals surface area contributed by atoms with Gasteiger partial charge in [0.1, 0.15) is 11.5 Å². The molecule has 18 heavy (non-hydrogen) atoms. The van der Waals surface area contributed by atoms with Crippen LogP contribution in [0.2, 0.25) is 0 Å². The van der Waals surface area contributed by atoms with Gasteiger partial charge in [-0.2, -0.15) is 0 Å². The molecule has 0 atom stereocenters. The third-order valence-corrected chi connectivity index (χ3v) is 2.87. The summed E-state index contributed by atoms with van der Waals surface area (Å²) >= 11 is 0. The Labute approximate surface area is 107 Å². The summed E-state index contributed by atoms with van der Waals surface area (Å²) in [6.07, 6.45) is 3.68. The van der Waals surface area contributed by atoms with Gasteiger partial charge in [-0.25, -0.2) is 0 Å². The number of rotatable bonds is 5. The van der Waals surface area contributed by atoms with E-state index < -0.39 is 0 Å². The molecule has 1 aromatic heterocycles. The van der Waals surface area contributed by atoms with E-state index in [1.807, 2.05) is 30.3 Å². The van der Waals surface area contributed by atoms with Gasteiger partial charge in [-0.05, 0) is 12.0 Å². The van der Waals surface area contributed by atoms with Crippen molar-refractivity contribution in [3.63, 3.8) is 0 Å². The number of aryl methyl sites for hydroxylation is 1. The molecule has 0 fully saturated rings. The minimum atomic E-state index is 0.0401. The first-order chi connectivity index (χ1) is 8.78. The third kappa shape index (κ3) is 3.59. The van der Waals surface area contributed by atoms with Gasteiger partial charge in [-0.1, -0.05) is 43.7 Å². The van der Waals surface area contributed by atoms with Crippen LogP contribution in [0.5, 0.6) is 0 Å². The van der Waals surface area contributed by atoms with Crippen molar-refractivity contribution in [1.29, 1.82) is 0 Å². The zero-order valence-electron chi connectivity index (χ0n) is 10.7. The molecular formula is C16H18O2. The summed E-state index contributed by atoms with van der Waals surface area (Å²) in [6.45, 7) is 2.13. The molecule has 0 aliphatic carbocycles. The molecule has 0 unspecified atom stereocenters. The van der Waals surface area contributed by atoms with Gasteiger partial charge in [0.25, 0.3) is 0 Å². The Morgan fingerprint density at radius 3 is 2.50 bits per heavy atom. The Morgan fingerprint density at radius 2 is 1.78 bits per heavy atom. The molecule has 1 aromatic carbocycles. The van der Waals surface area contributed by atoms with Gasteiger partial charge < -0.3 is 4.42 Å². The lowest BCUT2D eigenvalue weighted by Crippen LogP contribution is -2.03. The molecule has 0 N–H and O–H groups in total. The van der Waals surface area contributed by atoms with Crippen molar-refractivity contribution in [1.82, 2.24) is 0 Å². The molecule has 0 aliphatic heterocycles. The number of benzene rings is 1. The summed E-state index contributed by atoms with van der Waals surface area (Å²) in [5, 5.41) is 0. The molecule has 2 heteroatoms. The number of unbranched alkanes of at least 4 members (excludes halogenated alkanes) is 1. The van der Waals surface area contributed by atoms with E-state index in [-0.39, 0.29) is 5.43 Å². The molecule has 0 amide bonds. The SMILES string of the molecule is CCCCc1cc(=O)cc(Cc2ccccc2)o1. The minimum absolute atomic E-state index is 0.0401. The van der Waals surface area contributed by atoms with Gasteiger partial charge in [0.2, 0.25) is 0 Å². The molecule has 94 valence electrons. The smallest absolute Gasteiger partial charge is 0.185 e. The van der Waals surface area contributed by atoms with Crippen LogP contribution in [-0.2, 0) is 12.8 Å². The molecular weight excluding hydrogens is 224 g/mol. The van der Waals surface area contributed by atoms with Crippen molar-refractivity contribution >= 4 is 0 Å². The van der Waals surface area contributed by atoms with E-state index in [2.05, 4.69) is 6.92 Å². The maximum Gasteiger partial charge on any atom is 0.185 e. The van der Waals surface area contributed by atoms with Crippen LogP contribution in [0, 0.1) is 0 Å². The zero-order valence-corrected chi connectivity index (χ0v) is 10.7. The fourth-order valence-corrected chi connectivity index (χ4v) is 1.94. The molecule has 0 saturated heterocycles. The maximum atomic E-state index is 11.6. The van der Waals surface area contributed by atoms with E-state index in [4.69, 9.17) is 4.42 Å². The Morgan fingerprint density at radius 1 is 1.06 bits per heavy atom. The highest BCUT2D eigenvalue weighted by molar-refractivity contribution is 5.20. The van der Waals surface area contributed by atoms with Gasteiger partial charge >= 0.3 is 0 Å². The van der Waals surface area contributed by atoms with Crippen molar-refractivity contribution in [3.05, 3.63) is 69.8 Å². The third-order valence-electron chi connectivity index (χ3n) is 2.87. The van der Waals surface area contributed by atoms with Crippen LogP contribution in [0.15, 0.2) is 51.7 Å². The van der Waals surface area contributed by atoms with E-state index in [1.54, 1.807) is 12.1 Å². The first-order valence-corrected chi connectivity index (χ1v) is 6.45. The molecule has 0 radical (unpaired) electrons. The lowest BCUT2D eigenvalue weighted by Gasteiger charge is -2.04. The average Bonchev–Trinajstić information content (AvgIpc) is 2.37. The molecule has 0 spiro atoms. The Bertz CT molecular complexity index is 541. The van der Waals surface area contributed by atoms with E-state index >= 15 is 0 Å². The summed E-state index contributed by atoms with van der Waals surface area (Å²) in [7, 11) is 0. The van der Waals surface area contributed by atoms with E-state index in [1.165, 1.54) is 0 Å². The Kier molecular flexibility index (Phi) is 4.35. The molecule has 2 nitrogen and oxygen atoms in total. The van der Waals surface area contributed by atoms with Gasteiger partial charge in [0.15, 0.2) is 5.43 Å². The summed E-state index contributed by atoms with van der Waals surface area (Å²) in [6, 6.07) is 13.2. The predicted octanol–water partition coefficient (Wildman–Crippen LogP) is 3.57. The second-order valence-electron chi connectivity index (χ2n) is 4.49. The van der Waals surface area contributed by atoms with E-state index in [0.717, 1.165) is 36.3 Å². The highest BCUT2D eigenvalue weighted by Crippen LogP contribution is 2.11. The highest BCUT2D eigenvalue weighted by atomic mass is 16.3. The molecule has 0 saturated carbocycles. The van der Waals surface area contributed by atoms with Crippen LogP contribution >= 0.6 is 0 Å². The molecule has 0 bridgehead atoms. The lowest BCUT2D eigenvalue weighted by atomic mass is 10.1. The summed E-state index contributed by atoms with van der Waals surface area (Å²) in [5.74, 6) is 1.55. The van der Waals surface area contributed by atoms with Crippen LogP contribution in [0.4, 0.5) is 0 Å². The zero-order chi connectivity index (χ0) is 12.8. The maximum absolute atomic E-state index is 11.6. The van der Waals surface area contributed by atoms with Gasteiger partial charge in [0.05, 0.1) is 0 Å². The van der Waals surface area contributed by atoms with E-state index in [9.17, 15) is 4.79 Å². The molecule has 1 heterocycles. The van der Waals surface area contributed by atoms with Crippen molar-refractivity contribution in [2.45, 2.75) is 32.6 Å². The monoisotopic (exact) mass is 242 g/mol. The minimum Gasteiger partial charge on any atom is -0.465 e. The van der Waals surface area contributed by atoms with Crippen molar-refractivity contribution in [2.24, 2.45) is 0 Å². The fraction of sp³-hybridized carbons (Fsp3) is 0.312.